The van der Waals surface area contributed by atoms with Gasteiger partial charge in [-0.15, -0.1) is 0 Å². The van der Waals surface area contributed by atoms with E-state index in [0.717, 1.165) is 12.0 Å². The summed E-state index contributed by atoms with van der Waals surface area (Å²) >= 11 is 0. The van der Waals surface area contributed by atoms with Crippen LogP contribution in [0.15, 0.2) is 16.7 Å². The Balaban J connectivity index is 2.43. The predicted octanol–water partition coefficient (Wildman–Crippen LogP) is 2.09. The molecular formula is C10H12O3. The maximum absolute atomic E-state index is 11.1. The third-order valence-corrected chi connectivity index (χ3v) is 2.91. The van der Waals surface area contributed by atoms with Crippen LogP contribution in [0.3, 0.4) is 0 Å². The molecule has 2 rings (SSSR count). The summed E-state index contributed by atoms with van der Waals surface area (Å²) in [5.74, 6) is -0.108. The number of carbonyl (C=O) groups is 1. The largest absolute Gasteiger partial charge is 0.480 e. The van der Waals surface area contributed by atoms with Gasteiger partial charge >= 0.3 is 5.97 Å². The summed E-state index contributed by atoms with van der Waals surface area (Å²) in [6, 6.07) is 1.82. The minimum Gasteiger partial charge on any atom is -0.480 e. The van der Waals surface area contributed by atoms with Gasteiger partial charge in [0.05, 0.1) is 6.26 Å². The van der Waals surface area contributed by atoms with Crippen molar-refractivity contribution < 1.29 is 14.3 Å². The molecular weight excluding hydrogens is 168 g/mol. The summed E-state index contributed by atoms with van der Waals surface area (Å²) in [6.07, 6.45) is 3.95. The third-order valence-electron chi connectivity index (χ3n) is 2.91. The summed E-state index contributed by atoms with van der Waals surface area (Å²) in [7, 11) is 0. The highest BCUT2D eigenvalue weighted by Crippen LogP contribution is 2.45. The molecule has 1 aliphatic rings. The SMILES string of the molecule is Cc1ccoc1C1(C(=O)O)CCC1. The monoisotopic (exact) mass is 180 g/mol. The van der Waals surface area contributed by atoms with Crippen LogP contribution in [0.25, 0.3) is 0 Å². The van der Waals surface area contributed by atoms with Crippen LogP contribution >= 0.6 is 0 Å². The Bertz CT molecular complexity index is 334. The van der Waals surface area contributed by atoms with Gasteiger partial charge in [-0.05, 0) is 31.4 Å². The lowest BCUT2D eigenvalue weighted by atomic mass is 9.66. The second kappa shape index (κ2) is 2.62. The fraction of sp³-hybridized carbons (Fsp3) is 0.500. The van der Waals surface area contributed by atoms with Crippen molar-refractivity contribution in [2.75, 3.05) is 0 Å². The van der Waals surface area contributed by atoms with E-state index in [2.05, 4.69) is 0 Å². The van der Waals surface area contributed by atoms with Crippen molar-refractivity contribution in [2.45, 2.75) is 31.6 Å². The molecule has 0 spiro atoms. The van der Waals surface area contributed by atoms with Gasteiger partial charge in [0, 0.05) is 0 Å². The van der Waals surface area contributed by atoms with E-state index < -0.39 is 11.4 Å². The van der Waals surface area contributed by atoms with Gasteiger partial charge in [-0.3, -0.25) is 4.79 Å². The fourth-order valence-corrected chi connectivity index (χ4v) is 1.93. The zero-order valence-electron chi connectivity index (χ0n) is 7.54. The van der Waals surface area contributed by atoms with Crippen LogP contribution in [0.5, 0.6) is 0 Å². The summed E-state index contributed by atoms with van der Waals surface area (Å²) in [5.41, 5.74) is 0.232. The Morgan fingerprint density at radius 2 is 2.31 bits per heavy atom. The van der Waals surface area contributed by atoms with E-state index in [1.165, 1.54) is 0 Å². The Kier molecular flexibility index (Phi) is 1.68. The molecule has 1 aliphatic carbocycles. The first kappa shape index (κ1) is 8.35. The molecule has 1 heterocycles. The Morgan fingerprint density at radius 1 is 1.62 bits per heavy atom. The Hall–Kier alpha value is -1.25. The van der Waals surface area contributed by atoms with Gasteiger partial charge in [0.15, 0.2) is 0 Å². The van der Waals surface area contributed by atoms with E-state index in [1.807, 2.05) is 13.0 Å². The number of carboxylic acid groups (broad SMARTS) is 1. The van der Waals surface area contributed by atoms with Crippen molar-refractivity contribution in [1.29, 1.82) is 0 Å². The van der Waals surface area contributed by atoms with Crippen LogP contribution in [-0.2, 0) is 10.2 Å². The topological polar surface area (TPSA) is 50.4 Å². The lowest BCUT2D eigenvalue weighted by Crippen LogP contribution is -2.42. The van der Waals surface area contributed by atoms with E-state index in [-0.39, 0.29) is 0 Å². The molecule has 0 aromatic carbocycles. The molecule has 3 nitrogen and oxygen atoms in total. The molecule has 3 heteroatoms. The average molecular weight is 180 g/mol. The van der Waals surface area contributed by atoms with Crippen molar-refractivity contribution in [3.8, 4) is 0 Å². The predicted molar refractivity (Wildman–Crippen MR) is 46.6 cm³/mol. The van der Waals surface area contributed by atoms with E-state index in [4.69, 9.17) is 9.52 Å². The molecule has 0 atom stereocenters. The molecule has 0 amide bonds. The lowest BCUT2D eigenvalue weighted by molar-refractivity contribution is -0.148. The van der Waals surface area contributed by atoms with Gasteiger partial charge in [0.25, 0.3) is 0 Å². The number of rotatable bonds is 2. The highest BCUT2D eigenvalue weighted by molar-refractivity contribution is 5.82. The first-order valence-electron chi connectivity index (χ1n) is 4.45. The summed E-state index contributed by atoms with van der Waals surface area (Å²) in [4.78, 5) is 11.1. The van der Waals surface area contributed by atoms with Gasteiger partial charge < -0.3 is 9.52 Å². The molecule has 0 bridgehead atoms. The van der Waals surface area contributed by atoms with Gasteiger partial charge in [0.1, 0.15) is 11.2 Å². The van der Waals surface area contributed by atoms with Gasteiger partial charge in [-0.2, -0.15) is 0 Å². The minimum absolute atomic E-state index is 0.645. The standard InChI is InChI=1S/C10H12O3/c1-7-3-6-13-8(7)10(9(11)12)4-2-5-10/h3,6H,2,4-5H2,1H3,(H,11,12). The number of hydrogen-bond acceptors (Lipinski definition) is 2. The zero-order chi connectivity index (χ0) is 9.47. The second-order valence-corrected chi connectivity index (χ2v) is 3.67. The Morgan fingerprint density at radius 3 is 2.62 bits per heavy atom. The van der Waals surface area contributed by atoms with Crippen molar-refractivity contribution in [1.82, 2.24) is 0 Å². The number of furan rings is 1. The number of aliphatic carboxylic acids is 1. The molecule has 13 heavy (non-hydrogen) atoms. The first-order chi connectivity index (χ1) is 6.17. The highest BCUT2D eigenvalue weighted by Gasteiger charge is 2.49. The molecule has 0 aliphatic heterocycles. The molecule has 1 aromatic heterocycles. The van der Waals surface area contributed by atoms with Crippen LogP contribution in [0.2, 0.25) is 0 Å². The number of aryl methyl sites for hydroxylation is 1. The maximum atomic E-state index is 11.1. The third kappa shape index (κ3) is 0.996. The molecule has 0 unspecified atom stereocenters. The molecule has 1 saturated carbocycles. The molecule has 70 valence electrons. The second-order valence-electron chi connectivity index (χ2n) is 3.67. The normalized spacial score (nSPS) is 19.5. The smallest absolute Gasteiger partial charge is 0.317 e. The molecule has 1 aromatic rings. The van der Waals surface area contributed by atoms with Crippen molar-refractivity contribution in [2.24, 2.45) is 0 Å². The van der Waals surface area contributed by atoms with Crippen LogP contribution in [0, 0.1) is 6.92 Å². The summed E-state index contributed by atoms with van der Waals surface area (Å²) < 4.78 is 5.25. The maximum Gasteiger partial charge on any atom is 0.317 e. The van der Waals surface area contributed by atoms with Crippen LogP contribution in [0.4, 0.5) is 0 Å². The van der Waals surface area contributed by atoms with Crippen molar-refractivity contribution >= 4 is 5.97 Å². The summed E-state index contributed by atoms with van der Waals surface area (Å²) in [5, 5.41) is 9.12. The molecule has 1 fully saturated rings. The minimum atomic E-state index is -0.753. The van der Waals surface area contributed by atoms with Crippen molar-refractivity contribution in [3.05, 3.63) is 23.7 Å². The zero-order valence-corrected chi connectivity index (χ0v) is 7.54. The fourth-order valence-electron chi connectivity index (χ4n) is 1.93. The van der Waals surface area contributed by atoms with E-state index in [0.29, 0.717) is 18.6 Å². The first-order valence-corrected chi connectivity index (χ1v) is 4.45. The van der Waals surface area contributed by atoms with E-state index in [1.54, 1.807) is 6.26 Å². The van der Waals surface area contributed by atoms with Gasteiger partial charge in [-0.1, -0.05) is 6.42 Å². The lowest BCUT2D eigenvalue weighted by Gasteiger charge is -2.36. The van der Waals surface area contributed by atoms with Gasteiger partial charge in [-0.25, -0.2) is 0 Å². The molecule has 1 N–H and O–H groups in total. The van der Waals surface area contributed by atoms with Crippen molar-refractivity contribution in [3.63, 3.8) is 0 Å². The number of carboxylic acids is 1. The Labute approximate surface area is 76.4 Å². The number of hydrogen-bond donors (Lipinski definition) is 1. The summed E-state index contributed by atoms with van der Waals surface area (Å²) in [6.45, 7) is 1.89. The van der Waals surface area contributed by atoms with E-state index >= 15 is 0 Å². The van der Waals surface area contributed by atoms with Crippen LogP contribution in [-0.4, -0.2) is 11.1 Å². The van der Waals surface area contributed by atoms with Crippen LogP contribution < -0.4 is 0 Å². The quantitative estimate of drug-likeness (QED) is 0.758. The van der Waals surface area contributed by atoms with Crippen LogP contribution in [0.1, 0.15) is 30.6 Å². The molecule has 0 saturated heterocycles. The van der Waals surface area contributed by atoms with E-state index in [9.17, 15) is 4.79 Å². The molecule has 0 radical (unpaired) electrons. The van der Waals surface area contributed by atoms with Gasteiger partial charge in [0.2, 0.25) is 0 Å². The average Bonchev–Trinajstić information content (AvgIpc) is 2.34. The highest BCUT2D eigenvalue weighted by atomic mass is 16.4.